The van der Waals surface area contributed by atoms with Gasteiger partial charge in [-0.1, -0.05) is 18.3 Å². The van der Waals surface area contributed by atoms with E-state index in [9.17, 15) is 0 Å². The zero-order chi connectivity index (χ0) is 12.1. The summed E-state index contributed by atoms with van der Waals surface area (Å²) in [5.41, 5.74) is 1.16. The lowest BCUT2D eigenvalue weighted by Gasteiger charge is -1.97. The molecule has 0 saturated heterocycles. The third kappa shape index (κ3) is 3.84. The summed E-state index contributed by atoms with van der Waals surface area (Å²) in [6.45, 7) is 4.21. The molecule has 0 aliphatic carbocycles. The quantitative estimate of drug-likeness (QED) is 0.822. The molecule has 0 unspecified atom stereocenters. The molecule has 0 spiro atoms. The third-order valence-corrected chi connectivity index (χ3v) is 4.81. The van der Waals surface area contributed by atoms with E-state index in [2.05, 4.69) is 49.8 Å². The van der Waals surface area contributed by atoms with Crippen molar-refractivity contribution in [3.63, 3.8) is 0 Å². The monoisotopic (exact) mass is 331 g/mol. The Hall–Kier alpha value is -0.300. The zero-order valence-corrected chi connectivity index (χ0v) is 12.8. The molecule has 0 fully saturated rings. The molecule has 3 nitrogen and oxygen atoms in total. The number of hydrogen-bond acceptors (Lipinski definition) is 5. The molecule has 0 aliphatic rings. The summed E-state index contributed by atoms with van der Waals surface area (Å²) in [5, 5.41) is 16.0. The van der Waals surface area contributed by atoms with Crippen LogP contribution in [0.15, 0.2) is 15.2 Å². The van der Waals surface area contributed by atoms with Crippen molar-refractivity contribution < 1.29 is 0 Å². The Morgan fingerprint density at radius 1 is 1.41 bits per heavy atom. The Labute approximate surface area is 117 Å². The van der Waals surface area contributed by atoms with Crippen LogP contribution in [0, 0.1) is 0 Å². The van der Waals surface area contributed by atoms with Crippen LogP contribution in [0.2, 0.25) is 0 Å². The summed E-state index contributed by atoms with van der Waals surface area (Å²) in [4.78, 5) is 0. The van der Waals surface area contributed by atoms with Gasteiger partial charge in [0.05, 0.1) is 3.79 Å². The van der Waals surface area contributed by atoms with Crippen molar-refractivity contribution in [1.29, 1.82) is 0 Å². The number of rotatable bonds is 6. The van der Waals surface area contributed by atoms with Crippen molar-refractivity contribution in [2.75, 3.05) is 13.1 Å². The molecule has 2 aromatic heterocycles. The molecule has 2 rings (SSSR count). The highest BCUT2D eigenvalue weighted by Gasteiger charge is 2.08. The highest BCUT2D eigenvalue weighted by Crippen LogP contribution is 2.30. The minimum atomic E-state index is 1.01. The lowest BCUT2D eigenvalue weighted by molar-refractivity contribution is 0.669. The summed E-state index contributed by atoms with van der Waals surface area (Å²) in [5.74, 6) is 0. The van der Waals surface area contributed by atoms with Gasteiger partial charge in [0.15, 0.2) is 0 Å². The number of nitrogens with one attached hydrogen (secondary N) is 1. The molecule has 0 aliphatic heterocycles. The van der Waals surface area contributed by atoms with Gasteiger partial charge in [-0.05, 0) is 41.5 Å². The average Bonchev–Trinajstić information content (AvgIpc) is 2.93. The van der Waals surface area contributed by atoms with Crippen LogP contribution < -0.4 is 5.32 Å². The minimum Gasteiger partial charge on any atom is -0.317 e. The Morgan fingerprint density at radius 3 is 3.00 bits per heavy atom. The van der Waals surface area contributed by atoms with Crippen molar-refractivity contribution in [3.05, 3.63) is 20.2 Å². The topological polar surface area (TPSA) is 37.8 Å². The first-order chi connectivity index (χ1) is 8.29. The Morgan fingerprint density at radius 2 is 2.29 bits per heavy atom. The van der Waals surface area contributed by atoms with E-state index in [1.165, 1.54) is 0 Å². The second-order valence-corrected chi connectivity index (χ2v) is 6.95. The zero-order valence-electron chi connectivity index (χ0n) is 9.57. The number of hydrogen-bond donors (Lipinski definition) is 1. The summed E-state index contributed by atoms with van der Waals surface area (Å²) in [7, 11) is 0. The van der Waals surface area contributed by atoms with Crippen LogP contribution in [0.4, 0.5) is 0 Å². The van der Waals surface area contributed by atoms with Crippen LogP contribution >= 0.6 is 38.6 Å². The van der Waals surface area contributed by atoms with Crippen LogP contribution in [0.1, 0.15) is 18.4 Å². The van der Waals surface area contributed by atoms with E-state index < -0.39 is 0 Å². The van der Waals surface area contributed by atoms with E-state index in [0.29, 0.717) is 0 Å². The van der Waals surface area contributed by atoms with Crippen molar-refractivity contribution in [2.24, 2.45) is 0 Å². The summed E-state index contributed by atoms with van der Waals surface area (Å²) < 4.78 is 1.14. The fourth-order valence-corrected chi connectivity index (χ4v) is 3.52. The molecule has 0 amide bonds. The highest BCUT2D eigenvalue weighted by molar-refractivity contribution is 9.11. The van der Waals surface area contributed by atoms with E-state index in [1.807, 2.05) is 0 Å². The van der Waals surface area contributed by atoms with Crippen LogP contribution in [0.25, 0.3) is 10.6 Å². The highest BCUT2D eigenvalue weighted by atomic mass is 79.9. The second kappa shape index (κ2) is 6.58. The van der Waals surface area contributed by atoms with Crippen molar-refractivity contribution >= 4 is 38.6 Å². The normalized spacial score (nSPS) is 10.9. The van der Waals surface area contributed by atoms with Crippen LogP contribution in [0.3, 0.4) is 0 Å². The summed E-state index contributed by atoms with van der Waals surface area (Å²) in [6.07, 6.45) is 2.13. The summed E-state index contributed by atoms with van der Waals surface area (Å²) >= 11 is 6.83. The first-order valence-electron chi connectivity index (χ1n) is 5.57. The number of aryl methyl sites for hydroxylation is 1. The van der Waals surface area contributed by atoms with Gasteiger partial charge < -0.3 is 5.32 Å². The van der Waals surface area contributed by atoms with Gasteiger partial charge in [0.2, 0.25) is 0 Å². The number of halogens is 1. The molecular formula is C11H14BrN3S2. The molecule has 0 aromatic carbocycles. The van der Waals surface area contributed by atoms with Gasteiger partial charge in [-0.2, -0.15) is 0 Å². The van der Waals surface area contributed by atoms with Gasteiger partial charge in [-0.15, -0.1) is 21.5 Å². The van der Waals surface area contributed by atoms with E-state index in [0.717, 1.165) is 45.3 Å². The van der Waals surface area contributed by atoms with Gasteiger partial charge in [-0.3, -0.25) is 0 Å². The Bertz CT molecular complexity index is 467. The molecule has 17 heavy (non-hydrogen) atoms. The minimum absolute atomic E-state index is 1.01. The second-order valence-electron chi connectivity index (χ2n) is 3.60. The maximum absolute atomic E-state index is 4.23. The lowest BCUT2D eigenvalue weighted by Crippen LogP contribution is -2.14. The Kier molecular flexibility index (Phi) is 5.09. The molecule has 0 bridgehead atoms. The van der Waals surface area contributed by atoms with Crippen molar-refractivity contribution in [1.82, 2.24) is 15.5 Å². The molecule has 1 N–H and O–H groups in total. The molecule has 2 heterocycles. The fraction of sp³-hybridized carbons (Fsp3) is 0.455. The molecule has 2 aromatic rings. The fourth-order valence-electron chi connectivity index (χ4n) is 1.43. The largest absolute Gasteiger partial charge is 0.317 e. The Balaban J connectivity index is 1.92. The first-order valence-corrected chi connectivity index (χ1v) is 8.06. The van der Waals surface area contributed by atoms with E-state index in [4.69, 9.17) is 0 Å². The molecular weight excluding hydrogens is 318 g/mol. The van der Waals surface area contributed by atoms with Crippen LogP contribution in [0.5, 0.6) is 0 Å². The molecule has 92 valence electrons. The van der Waals surface area contributed by atoms with E-state index in [-0.39, 0.29) is 0 Å². The van der Waals surface area contributed by atoms with E-state index in [1.54, 1.807) is 22.7 Å². The molecule has 0 saturated carbocycles. The number of aromatic nitrogens is 2. The molecule has 0 atom stereocenters. The maximum Gasteiger partial charge on any atom is 0.148 e. The molecule has 0 radical (unpaired) electrons. The SMILES string of the molecule is CCNCCCc1nnc(-c2csc(Br)c2)s1. The van der Waals surface area contributed by atoms with Crippen molar-refractivity contribution in [3.8, 4) is 10.6 Å². The van der Waals surface area contributed by atoms with Crippen molar-refractivity contribution in [2.45, 2.75) is 19.8 Å². The van der Waals surface area contributed by atoms with Gasteiger partial charge in [-0.25, -0.2) is 0 Å². The van der Waals surface area contributed by atoms with Crippen LogP contribution in [-0.4, -0.2) is 23.3 Å². The standard InChI is InChI=1S/C11H14BrN3S2/c1-2-13-5-3-4-10-14-15-11(17-10)8-6-9(12)16-7-8/h6-7,13H,2-5H2,1H3. The van der Waals surface area contributed by atoms with Crippen LogP contribution in [-0.2, 0) is 6.42 Å². The third-order valence-electron chi connectivity index (χ3n) is 2.28. The predicted octanol–water partition coefficient (Wildman–Crippen LogP) is 3.57. The maximum atomic E-state index is 4.23. The number of nitrogens with zero attached hydrogens (tertiary/aromatic N) is 2. The van der Waals surface area contributed by atoms with Gasteiger partial charge in [0.25, 0.3) is 0 Å². The van der Waals surface area contributed by atoms with E-state index >= 15 is 0 Å². The molecule has 6 heteroatoms. The van der Waals surface area contributed by atoms with Gasteiger partial charge >= 0.3 is 0 Å². The smallest absolute Gasteiger partial charge is 0.148 e. The number of thiophene rings is 1. The predicted molar refractivity (Wildman–Crippen MR) is 77.8 cm³/mol. The first kappa shape index (κ1) is 13.1. The van der Waals surface area contributed by atoms with Gasteiger partial charge in [0, 0.05) is 17.4 Å². The van der Waals surface area contributed by atoms with Gasteiger partial charge in [0.1, 0.15) is 10.0 Å². The summed E-state index contributed by atoms with van der Waals surface area (Å²) in [6, 6.07) is 2.09. The lowest BCUT2D eigenvalue weighted by atomic mass is 10.3. The average molecular weight is 332 g/mol.